The van der Waals surface area contributed by atoms with Gasteiger partial charge in [-0.15, -0.1) is 10.2 Å². The Labute approximate surface area is 195 Å². The van der Waals surface area contributed by atoms with Gasteiger partial charge in [-0.25, -0.2) is 0 Å². The predicted molar refractivity (Wildman–Crippen MR) is 130 cm³/mol. The quantitative estimate of drug-likeness (QED) is 0.505. The Bertz CT molecular complexity index is 1050. The van der Waals surface area contributed by atoms with Crippen LogP contribution in [0, 0.1) is 0 Å². The lowest BCUT2D eigenvalue weighted by atomic mass is 9.95. The van der Waals surface area contributed by atoms with E-state index in [9.17, 15) is 0 Å². The molecule has 172 valence electrons. The van der Waals surface area contributed by atoms with Gasteiger partial charge in [0, 0.05) is 41.8 Å². The summed E-state index contributed by atoms with van der Waals surface area (Å²) in [6, 6.07) is 13.1. The van der Waals surface area contributed by atoms with E-state index < -0.39 is 0 Å². The first-order chi connectivity index (χ1) is 16.3. The second kappa shape index (κ2) is 10.1. The number of allylic oxidation sites excluding steroid dienone is 1. The van der Waals surface area contributed by atoms with E-state index in [-0.39, 0.29) is 0 Å². The monoisotopic (exact) mass is 443 g/mol. The average Bonchev–Trinajstić information content (AvgIpc) is 3.54. The number of nitrogens with one attached hydrogen (secondary N) is 1. The Morgan fingerprint density at radius 1 is 1.03 bits per heavy atom. The van der Waals surface area contributed by atoms with E-state index in [1.165, 1.54) is 56.2 Å². The summed E-state index contributed by atoms with van der Waals surface area (Å²) in [4.78, 5) is 9.97. The molecule has 3 heterocycles. The molecule has 33 heavy (non-hydrogen) atoms. The molecule has 2 aromatic heterocycles. The molecule has 5 rings (SSSR count). The van der Waals surface area contributed by atoms with Gasteiger partial charge >= 0.3 is 0 Å². The Morgan fingerprint density at radius 2 is 1.88 bits per heavy atom. The first-order valence-electron chi connectivity index (χ1n) is 12.3. The lowest BCUT2D eigenvalue weighted by Crippen LogP contribution is -2.35. The number of nitrogens with zero attached hydrogens (tertiary/aromatic N) is 6. The molecular formula is C26H33N7. The molecule has 0 atom stereocenters. The molecule has 2 aliphatic rings. The molecule has 1 aliphatic heterocycles. The van der Waals surface area contributed by atoms with E-state index in [0.717, 1.165) is 36.5 Å². The fourth-order valence-corrected chi connectivity index (χ4v) is 5.04. The second-order valence-corrected chi connectivity index (χ2v) is 9.20. The van der Waals surface area contributed by atoms with Gasteiger partial charge in [0.05, 0.1) is 12.4 Å². The average molecular weight is 444 g/mol. The summed E-state index contributed by atoms with van der Waals surface area (Å²) in [7, 11) is 0. The van der Waals surface area contributed by atoms with Gasteiger partial charge < -0.3 is 9.80 Å². The van der Waals surface area contributed by atoms with Crippen molar-refractivity contribution in [3.63, 3.8) is 0 Å². The molecule has 0 bridgehead atoms. The molecular weight excluding hydrogens is 410 g/mol. The van der Waals surface area contributed by atoms with Crippen molar-refractivity contribution in [2.75, 3.05) is 6.67 Å². The standard InChI is InChI=1S/C26H33N7/c1-2-3-9-22-18-33(21-10-5-4-6-11-21)19-32(22)17-20-14-15-25(27-16-20)23-12-7-8-13-24(23)26-28-30-31-29-26/h7-8,12-16,18,21H,2-6,9-11,17,19H2,1H3,(H,28,29,30,31). The molecule has 0 unspecified atom stereocenters. The van der Waals surface area contributed by atoms with Crippen LogP contribution in [0.1, 0.15) is 63.9 Å². The van der Waals surface area contributed by atoms with Crippen LogP contribution in [0.3, 0.4) is 0 Å². The maximum atomic E-state index is 4.81. The molecule has 0 amide bonds. The first-order valence-corrected chi connectivity index (χ1v) is 12.3. The molecule has 7 heteroatoms. The maximum Gasteiger partial charge on any atom is 0.205 e. The minimum atomic E-state index is 0.585. The van der Waals surface area contributed by atoms with Crippen LogP contribution >= 0.6 is 0 Å². The largest absolute Gasteiger partial charge is 0.355 e. The van der Waals surface area contributed by atoms with Gasteiger partial charge in [0.2, 0.25) is 5.82 Å². The fourth-order valence-electron chi connectivity index (χ4n) is 5.04. The van der Waals surface area contributed by atoms with Gasteiger partial charge in [0.15, 0.2) is 0 Å². The van der Waals surface area contributed by atoms with Crippen LogP contribution in [-0.4, -0.2) is 48.1 Å². The highest BCUT2D eigenvalue weighted by atomic mass is 15.5. The summed E-state index contributed by atoms with van der Waals surface area (Å²) in [5.41, 5.74) is 5.58. The number of benzene rings is 1. The van der Waals surface area contributed by atoms with Gasteiger partial charge in [-0.05, 0) is 42.5 Å². The normalized spacial score (nSPS) is 16.9. The first kappa shape index (κ1) is 21.6. The molecule has 0 saturated heterocycles. The molecule has 1 fully saturated rings. The highest BCUT2D eigenvalue weighted by molar-refractivity contribution is 5.78. The Kier molecular flexibility index (Phi) is 6.65. The topological polar surface area (TPSA) is 73.8 Å². The third-order valence-electron chi connectivity index (χ3n) is 6.87. The molecule has 1 N–H and O–H groups in total. The second-order valence-electron chi connectivity index (χ2n) is 9.20. The summed E-state index contributed by atoms with van der Waals surface area (Å²) in [6.45, 7) is 4.18. The van der Waals surface area contributed by atoms with Crippen LogP contribution in [-0.2, 0) is 6.54 Å². The van der Waals surface area contributed by atoms with E-state index in [4.69, 9.17) is 4.98 Å². The Balaban J connectivity index is 1.31. The lowest BCUT2D eigenvalue weighted by Gasteiger charge is -2.32. The Hall–Kier alpha value is -3.22. The van der Waals surface area contributed by atoms with E-state index in [2.05, 4.69) is 61.7 Å². The molecule has 7 nitrogen and oxygen atoms in total. The summed E-state index contributed by atoms with van der Waals surface area (Å²) in [6.07, 6.45) is 14.9. The van der Waals surface area contributed by atoms with Crippen LogP contribution in [0.2, 0.25) is 0 Å². The van der Waals surface area contributed by atoms with Crippen molar-refractivity contribution in [2.45, 2.75) is 70.9 Å². The smallest absolute Gasteiger partial charge is 0.205 e. The van der Waals surface area contributed by atoms with Gasteiger partial charge in [0.25, 0.3) is 0 Å². The number of aromatic amines is 1. The van der Waals surface area contributed by atoms with Crippen LogP contribution in [0.5, 0.6) is 0 Å². The molecule has 1 aliphatic carbocycles. The minimum absolute atomic E-state index is 0.585. The molecule has 0 spiro atoms. The lowest BCUT2D eigenvalue weighted by molar-refractivity contribution is 0.168. The summed E-state index contributed by atoms with van der Waals surface area (Å²) in [5.74, 6) is 0.585. The zero-order valence-electron chi connectivity index (χ0n) is 19.5. The third-order valence-corrected chi connectivity index (χ3v) is 6.87. The molecule has 1 aromatic carbocycles. The number of hydrogen-bond donors (Lipinski definition) is 1. The van der Waals surface area contributed by atoms with E-state index in [0.29, 0.717) is 11.9 Å². The van der Waals surface area contributed by atoms with E-state index in [1.807, 2.05) is 24.4 Å². The number of aromatic nitrogens is 5. The van der Waals surface area contributed by atoms with Crippen molar-refractivity contribution < 1.29 is 0 Å². The fraction of sp³-hybridized carbons (Fsp3) is 0.462. The van der Waals surface area contributed by atoms with Crippen molar-refractivity contribution in [3.8, 4) is 22.6 Å². The number of rotatable bonds is 8. The summed E-state index contributed by atoms with van der Waals surface area (Å²) < 4.78 is 0. The van der Waals surface area contributed by atoms with Gasteiger partial charge in [-0.3, -0.25) is 4.98 Å². The van der Waals surface area contributed by atoms with Crippen molar-refractivity contribution in [2.24, 2.45) is 0 Å². The van der Waals surface area contributed by atoms with Gasteiger partial charge in [-0.1, -0.05) is 62.9 Å². The van der Waals surface area contributed by atoms with E-state index >= 15 is 0 Å². The molecule has 0 radical (unpaired) electrons. The SMILES string of the molecule is CCCCC1=CN(C2CCCCC2)CN1Cc1ccc(-c2ccccc2-c2nn[nH]n2)nc1. The molecule has 3 aromatic rings. The van der Waals surface area contributed by atoms with Gasteiger partial charge in [-0.2, -0.15) is 5.21 Å². The van der Waals surface area contributed by atoms with Crippen molar-refractivity contribution in [1.29, 1.82) is 0 Å². The summed E-state index contributed by atoms with van der Waals surface area (Å²) in [5, 5.41) is 14.5. The highest BCUT2D eigenvalue weighted by Gasteiger charge is 2.27. The van der Waals surface area contributed by atoms with Crippen LogP contribution < -0.4 is 0 Å². The van der Waals surface area contributed by atoms with Crippen molar-refractivity contribution >= 4 is 0 Å². The number of unbranched alkanes of at least 4 members (excludes halogenated alkanes) is 1. The van der Waals surface area contributed by atoms with Crippen molar-refractivity contribution in [3.05, 3.63) is 60.1 Å². The number of H-pyrrole nitrogens is 1. The maximum absolute atomic E-state index is 4.81. The van der Waals surface area contributed by atoms with Crippen molar-refractivity contribution in [1.82, 2.24) is 35.4 Å². The highest BCUT2D eigenvalue weighted by Crippen LogP contribution is 2.31. The van der Waals surface area contributed by atoms with Crippen LogP contribution in [0.4, 0.5) is 0 Å². The number of pyridine rings is 1. The van der Waals surface area contributed by atoms with Gasteiger partial charge in [0.1, 0.15) is 0 Å². The minimum Gasteiger partial charge on any atom is -0.355 e. The number of hydrogen-bond acceptors (Lipinski definition) is 6. The van der Waals surface area contributed by atoms with E-state index in [1.54, 1.807) is 0 Å². The Morgan fingerprint density at radius 3 is 2.61 bits per heavy atom. The number of tetrazole rings is 1. The zero-order chi connectivity index (χ0) is 22.5. The third kappa shape index (κ3) is 4.92. The predicted octanol–water partition coefficient (Wildman–Crippen LogP) is 5.37. The van der Waals surface area contributed by atoms with Crippen LogP contribution in [0.15, 0.2) is 54.5 Å². The summed E-state index contributed by atoms with van der Waals surface area (Å²) >= 11 is 0. The molecule has 1 saturated carbocycles. The van der Waals surface area contributed by atoms with Crippen LogP contribution in [0.25, 0.3) is 22.6 Å². The zero-order valence-corrected chi connectivity index (χ0v) is 19.5.